The minimum Gasteiger partial charge on any atom is -0.0622 e. The fourth-order valence-corrected chi connectivity index (χ4v) is 10.3. The molecule has 0 bridgehead atoms. The van der Waals surface area contributed by atoms with Crippen LogP contribution in [0.3, 0.4) is 0 Å². The van der Waals surface area contributed by atoms with Crippen molar-refractivity contribution in [2.45, 2.75) is 18.3 Å². The Kier molecular flexibility index (Phi) is 7.22. The molecule has 57 heavy (non-hydrogen) atoms. The molecule has 0 spiro atoms. The number of fused-ring (bicyclic) bond motifs is 10. The van der Waals surface area contributed by atoms with Gasteiger partial charge < -0.3 is 0 Å². The number of hydrogen-bond acceptors (Lipinski definition) is 0. The highest BCUT2D eigenvalue weighted by Gasteiger charge is 2.36. The second kappa shape index (κ2) is 12.8. The van der Waals surface area contributed by atoms with E-state index in [1.54, 1.807) is 0 Å². The van der Waals surface area contributed by atoms with E-state index >= 15 is 0 Å². The summed E-state index contributed by atoms with van der Waals surface area (Å²) in [6.07, 6.45) is 0.976. The van der Waals surface area contributed by atoms with Crippen LogP contribution < -0.4 is 0 Å². The maximum atomic E-state index is 2.48. The van der Waals surface area contributed by atoms with Crippen molar-refractivity contribution in [3.8, 4) is 66.8 Å². The van der Waals surface area contributed by atoms with Crippen molar-refractivity contribution in [2.24, 2.45) is 0 Å². The predicted molar refractivity (Wildman–Crippen MR) is 237 cm³/mol. The van der Waals surface area contributed by atoms with Crippen LogP contribution in [0.15, 0.2) is 206 Å². The molecule has 0 heterocycles. The molecule has 2 unspecified atom stereocenters. The molecular formula is C57H38. The van der Waals surface area contributed by atoms with E-state index in [0.29, 0.717) is 0 Å². The molecule has 0 amide bonds. The Hall–Kier alpha value is -7.02. The zero-order valence-corrected chi connectivity index (χ0v) is 31.5. The molecule has 2 atom stereocenters. The maximum Gasteiger partial charge on any atom is 0.0355 e. The van der Waals surface area contributed by atoms with Gasteiger partial charge in [-0.3, -0.25) is 0 Å². The first-order valence-corrected chi connectivity index (χ1v) is 20.2. The topological polar surface area (TPSA) is 0 Å². The first-order chi connectivity index (χ1) is 28.3. The van der Waals surface area contributed by atoms with Gasteiger partial charge in [-0.2, -0.15) is 0 Å². The summed E-state index contributed by atoms with van der Waals surface area (Å²) in [6, 6.07) is 77.2. The Morgan fingerprint density at radius 1 is 0.281 bits per heavy atom. The molecule has 9 aromatic rings. The molecule has 3 aliphatic carbocycles. The lowest BCUT2D eigenvalue weighted by Gasteiger charge is -2.19. The Bertz CT molecular complexity index is 3040. The highest BCUT2D eigenvalue weighted by Crippen LogP contribution is 2.55. The third kappa shape index (κ3) is 5.07. The molecule has 3 aliphatic rings. The van der Waals surface area contributed by atoms with Gasteiger partial charge in [-0.1, -0.05) is 194 Å². The van der Waals surface area contributed by atoms with Gasteiger partial charge in [0.15, 0.2) is 0 Å². The highest BCUT2D eigenvalue weighted by molar-refractivity contribution is 5.92. The Morgan fingerprint density at radius 2 is 0.772 bits per heavy atom. The molecule has 266 valence electrons. The second-order valence-electron chi connectivity index (χ2n) is 15.9. The van der Waals surface area contributed by atoms with Gasteiger partial charge in [0.1, 0.15) is 0 Å². The van der Waals surface area contributed by atoms with E-state index in [-0.39, 0.29) is 11.8 Å². The third-order valence-electron chi connectivity index (χ3n) is 12.9. The average Bonchev–Trinajstić information content (AvgIpc) is 3.94. The van der Waals surface area contributed by atoms with Crippen molar-refractivity contribution in [3.05, 3.63) is 251 Å². The molecule has 12 rings (SSSR count). The van der Waals surface area contributed by atoms with E-state index in [1.165, 1.54) is 111 Å². The molecule has 0 saturated carbocycles. The summed E-state index contributed by atoms with van der Waals surface area (Å²) in [5.74, 6) is 0.357. The van der Waals surface area contributed by atoms with Gasteiger partial charge in [0.25, 0.3) is 0 Å². The maximum absolute atomic E-state index is 2.48. The zero-order chi connectivity index (χ0) is 37.5. The summed E-state index contributed by atoms with van der Waals surface area (Å²) in [7, 11) is 0. The van der Waals surface area contributed by atoms with E-state index in [9.17, 15) is 0 Å². The minimum absolute atomic E-state index is 0.163. The first kappa shape index (κ1) is 32.2. The van der Waals surface area contributed by atoms with Gasteiger partial charge in [-0.15, -0.1) is 0 Å². The lowest BCUT2D eigenvalue weighted by atomic mass is 9.84. The summed E-state index contributed by atoms with van der Waals surface area (Å²) >= 11 is 0. The fourth-order valence-electron chi connectivity index (χ4n) is 10.3. The van der Waals surface area contributed by atoms with Crippen LogP contribution in [0.1, 0.15) is 56.3 Å². The largest absolute Gasteiger partial charge is 0.0622 e. The lowest BCUT2D eigenvalue weighted by molar-refractivity contribution is 0.991. The molecule has 9 aromatic carbocycles. The van der Waals surface area contributed by atoms with Crippen molar-refractivity contribution < 1.29 is 0 Å². The highest BCUT2D eigenvalue weighted by atomic mass is 14.4. The molecule has 0 aromatic heterocycles. The molecule has 0 heteroatoms. The van der Waals surface area contributed by atoms with Crippen molar-refractivity contribution in [1.82, 2.24) is 0 Å². The van der Waals surface area contributed by atoms with Crippen LogP contribution in [0.5, 0.6) is 0 Å². The van der Waals surface area contributed by atoms with Crippen LogP contribution in [0.25, 0.3) is 66.8 Å². The van der Waals surface area contributed by atoms with E-state index in [4.69, 9.17) is 0 Å². The molecule has 0 nitrogen and oxygen atoms in total. The van der Waals surface area contributed by atoms with E-state index in [1.807, 2.05) is 0 Å². The Morgan fingerprint density at radius 3 is 1.46 bits per heavy atom. The summed E-state index contributed by atoms with van der Waals surface area (Å²) in [5.41, 5.74) is 27.0. The second-order valence-corrected chi connectivity index (χ2v) is 15.9. The van der Waals surface area contributed by atoms with Crippen LogP contribution in [0.2, 0.25) is 0 Å². The first-order valence-electron chi connectivity index (χ1n) is 20.2. The Balaban J connectivity index is 0.987. The van der Waals surface area contributed by atoms with E-state index in [2.05, 4.69) is 206 Å². The molecular weight excluding hydrogens is 685 g/mol. The van der Waals surface area contributed by atoms with Crippen LogP contribution in [-0.4, -0.2) is 0 Å². The van der Waals surface area contributed by atoms with Gasteiger partial charge >= 0.3 is 0 Å². The number of hydrogen-bond donors (Lipinski definition) is 0. The van der Waals surface area contributed by atoms with Crippen LogP contribution >= 0.6 is 0 Å². The number of rotatable bonds is 5. The third-order valence-corrected chi connectivity index (χ3v) is 12.9. The van der Waals surface area contributed by atoms with Crippen molar-refractivity contribution >= 4 is 0 Å². The lowest BCUT2D eigenvalue weighted by Crippen LogP contribution is -2.03. The van der Waals surface area contributed by atoms with Crippen molar-refractivity contribution in [1.29, 1.82) is 0 Å². The van der Waals surface area contributed by atoms with Gasteiger partial charge in [0.05, 0.1) is 0 Å². The molecule has 0 fully saturated rings. The average molecular weight is 723 g/mol. The minimum atomic E-state index is 0.163. The van der Waals surface area contributed by atoms with Crippen LogP contribution in [0, 0.1) is 0 Å². The SMILES string of the molecule is c1ccc(-c2cccc(C3c4ccccc4-c4cc(-c5ccc6c(c5)-c5ccc7c(c5C6c5cccc(-c6ccccc6)c5)Cc5ccccc5-7)ccc43)c2)cc1. The normalized spacial score (nSPS) is 15.3. The molecule has 0 aliphatic heterocycles. The summed E-state index contributed by atoms with van der Waals surface area (Å²) in [5, 5.41) is 0. The Labute approximate surface area is 334 Å². The summed E-state index contributed by atoms with van der Waals surface area (Å²) in [6.45, 7) is 0. The monoisotopic (exact) mass is 722 g/mol. The van der Waals surface area contributed by atoms with Gasteiger partial charge in [-0.25, -0.2) is 0 Å². The summed E-state index contributed by atoms with van der Waals surface area (Å²) < 4.78 is 0. The molecule has 0 radical (unpaired) electrons. The van der Waals surface area contributed by atoms with Crippen LogP contribution in [0.4, 0.5) is 0 Å². The summed E-state index contributed by atoms with van der Waals surface area (Å²) in [4.78, 5) is 0. The fraction of sp³-hybridized carbons (Fsp3) is 0.0526. The zero-order valence-electron chi connectivity index (χ0n) is 31.5. The molecule has 0 saturated heterocycles. The van der Waals surface area contributed by atoms with E-state index in [0.717, 1.165) is 6.42 Å². The van der Waals surface area contributed by atoms with Crippen molar-refractivity contribution in [3.63, 3.8) is 0 Å². The molecule has 0 N–H and O–H groups in total. The van der Waals surface area contributed by atoms with Gasteiger partial charge in [0, 0.05) is 11.8 Å². The standard InChI is InChI=1S/C57H38/c1-3-13-36(14-4-1)38-18-11-20-43(31-38)55-48-24-10-9-23-46(48)52-33-40(25-27-49(52)55)41-26-28-50-53(34-41)51-30-29-47-45-22-8-7-17-42(45)35-54(47)57(51)56(50)44-21-12-19-39(32-44)37-15-5-2-6-16-37/h1-34,55-56H,35H2. The smallest absolute Gasteiger partial charge is 0.0355 e. The van der Waals surface area contributed by atoms with Crippen LogP contribution in [-0.2, 0) is 6.42 Å². The van der Waals surface area contributed by atoms with E-state index < -0.39 is 0 Å². The quantitative estimate of drug-likeness (QED) is 0.166. The number of benzene rings is 9. The predicted octanol–water partition coefficient (Wildman–Crippen LogP) is 14.6. The van der Waals surface area contributed by atoms with Gasteiger partial charge in [0.2, 0.25) is 0 Å². The van der Waals surface area contributed by atoms with Crippen molar-refractivity contribution in [2.75, 3.05) is 0 Å². The van der Waals surface area contributed by atoms with Gasteiger partial charge in [-0.05, 0) is 130 Å².